The summed E-state index contributed by atoms with van der Waals surface area (Å²) in [5, 5.41) is 2.10. The summed E-state index contributed by atoms with van der Waals surface area (Å²) in [5.41, 5.74) is 0. The summed E-state index contributed by atoms with van der Waals surface area (Å²) in [7, 11) is 0. The highest BCUT2D eigenvalue weighted by molar-refractivity contribution is 8.02. The van der Waals surface area contributed by atoms with Crippen LogP contribution in [0.15, 0.2) is 35.8 Å². The highest BCUT2D eigenvalue weighted by Gasteiger charge is 1.75. The Morgan fingerprint density at radius 3 is 2.88 bits per heavy atom. The van der Waals surface area contributed by atoms with Crippen LogP contribution >= 0.6 is 11.8 Å². The summed E-state index contributed by atoms with van der Waals surface area (Å²) >= 11 is 1.81. The lowest BCUT2D eigenvalue weighted by molar-refractivity contribution is 1.74. The van der Waals surface area contributed by atoms with E-state index in [0.29, 0.717) is 0 Å². The summed E-state index contributed by atoms with van der Waals surface area (Å²) in [6.07, 6.45) is 10.3. The van der Waals surface area contributed by atoms with Gasteiger partial charge in [-0.15, -0.1) is 11.8 Å². The fourth-order valence-corrected chi connectivity index (χ4v) is 1.01. The summed E-state index contributed by atoms with van der Waals surface area (Å²) in [5.74, 6) is 1.10. The van der Waals surface area contributed by atoms with Gasteiger partial charge in [-0.25, -0.2) is 0 Å². The Hall–Kier alpha value is -0.430. The van der Waals surface area contributed by atoms with E-state index in [-0.39, 0.29) is 0 Å². The van der Waals surface area contributed by atoms with Crippen LogP contribution in [-0.2, 0) is 0 Å². The van der Waals surface area contributed by atoms with Crippen molar-refractivity contribution in [2.24, 2.45) is 0 Å². The first-order valence-corrected chi connectivity index (χ1v) is 3.65. The summed E-state index contributed by atoms with van der Waals surface area (Å²) in [6.45, 7) is 0. The first-order chi connectivity index (χ1) is 4.00. The second-order valence-electron chi connectivity index (χ2n) is 1.47. The standard InChI is InChI=1S/C7H8S/c1-2-4-6-8-7-5-3-1/h1-6H,7H2/b2-1-,5-3-,6-4-. The van der Waals surface area contributed by atoms with Crippen LogP contribution in [0.3, 0.4) is 0 Å². The Morgan fingerprint density at radius 2 is 1.88 bits per heavy atom. The van der Waals surface area contributed by atoms with Gasteiger partial charge in [-0.05, 0) is 5.41 Å². The molecule has 0 aromatic rings. The molecule has 1 heteroatoms. The third-order valence-corrected chi connectivity index (χ3v) is 1.57. The minimum absolute atomic E-state index is 1.10. The third-order valence-electron chi connectivity index (χ3n) is 0.837. The van der Waals surface area contributed by atoms with E-state index in [0.717, 1.165) is 5.75 Å². The van der Waals surface area contributed by atoms with E-state index >= 15 is 0 Å². The van der Waals surface area contributed by atoms with Gasteiger partial charge in [0.05, 0.1) is 0 Å². The molecule has 0 aliphatic carbocycles. The zero-order chi connectivity index (χ0) is 5.66. The van der Waals surface area contributed by atoms with Crippen LogP contribution in [0.25, 0.3) is 0 Å². The molecule has 0 bridgehead atoms. The molecule has 1 aliphatic rings. The molecule has 0 unspecified atom stereocenters. The highest BCUT2D eigenvalue weighted by Crippen LogP contribution is 2.03. The molecule has 0 fully saturated rings. The van der Waals surface area contributed by atoms with Gasteiger partial charge in [-0.1, -0.05) is 30.4 Å². The quantitative estimate of drug-likeness (QED) is 0.477. The van der Waals surface area contributed by atoms with Gasteiger partial charge in [-0.2, -0.15) is 0 Å². The lowest BCUT2D eigenvalue weighted by atomic mass is 10.4. The van der Waals surface area contributed by atoms with Gasteiger partial charge in [0.15, 0.2) is 0 Å². The van der Waals surface area contributed by atoms with Gasteiger partial charge >= 0.3 is 0 Å². The highest BCUT2D eigenvalue weighted by atomic mass is 32.2. The molecule has 8 heavy (non-hydrogen) atoms. The van der Waals surface area contributed by atoms with Crippen LogP contribution in [0.1, 0.15) is 0 Å². The van der Waals surface area contributed by atoms with Gasteiger partial charge in [0.25, 0.3) is 0 Å². The summed E-state index contributed by atoms with van der Waals surface area (Å²) in [4.78, 5) is 0. The zero-order valence-corrected chi connectivity index (χ0v) is 5.40. The van der Waals surface area contributed by atoms with Gasteiger partial charge in [0.1, 0.15) is 0 Å². The summed E-state index contributed by atoms with van der Waals surface area (Å²) in [6, 6.07) is 0. The van der Waals surface area contributed by atoms with Gasteiger partial charge in [-0.3, -0.25) is 0 Å². The topological polar surface area (TPSA) is 0 Å². The monoisotopic (exact) mass is 124 g/mol. The van der Waals surface area contributed by atoms with E-state index < -0.39 is 0 Å². The fraction of sp³-hybridized carbons (Fsp3) is 0.143. The van der Waals surface area contributed by atoms with Crippen molar-refractivity contribution >= 4 is 11.8 Å². The molecule has 0 aromatic carbocycles. The Kier molecular flexibility index (Phi) is 2.54. The SMILES string of the molecule is C1=C\C=C/SC\C=C/1. The Morgan fingerprint density at radius 1 is 1.00 bits per heavy atom. The van der Waals surface area contributed by atoms with Crippen LogP contribution in [-0.4, -0.2) is 5.75 Å². The number of allylic oxidation sites excluding steroid dienone is 4. The molecule has 0 aromatic heterocycles. The number of hydrogen-bond acceptors (Lipinski definition) is 1. The Bertz CT molecular complexity index is 115. The predicted octanol–water partition coefficient (Wildman–Crippen LogP) is 2.36. The van der Waals surface area contributed by atoms with Crippen molar-refractivity contribution < 1.29 is 0 Å². The molecule has 0 N–H and O–H groups in total. The molecule has 0 spiro atoms. The van der Waals surface area contributed by atoms with Crippen LogP contribution < -0.4 is 0 Å². The van der Waals surface area contributed by atoms with E-state index in [4.69, 9.17) is 0 Å². The average molecular weight is 124 g/mol. The third kappa shape index (κ3) is 2.03. The smallest absolute Gasteiger partial charge is 0.0157 e. The number of hydrogen-bond donors (Lipinski definition) is 0. The Labute approximate surface area is 54.0 Å². The van der Waals surface area contributed by atoms with E-state index in [2.05, 4.69) is 17.6 Å². The molecule has 42 valence electrons. The maximum absolute atomic E-state index is 2.14. The molecule has 1 heterocycles. The lowest BCUT2D eigenvalue weighted by Crippen LogP contribution is -1.65. The molecular weight excluding hydrogens is 116 g/mol. The van der Waals surface area contributed by atoms with Crippen LogP contribution in [0.5, 0.6) is 0 Å². The minimum Gasteiger partial charge on any atom is -0.130 e. The maximum Gasteiger partial charge on any atom is 0.0157 e. The normalized spacial score (nSPS) is 30.0. The molecule has 0 nitrogen and oxygen atoms in total. The van der Waals surface area contributed by atoms with Crippen molar-refractivity contribution in [1.82, 2.24) is 0 Å². The molecule has 1 rings (SSSR count). The van der Waals surface area contributed by atoms with E-state index in [1.54, 1.807) is 0 Å². The van der Waals surface area contributed by atoms with Gasteiger partial charge < -0.3 is 0 Å². The molecule has 1 aliphatic heterocycles. The van der Waals surface area contributed by atoms with Crippen molar-refractivity contribution in [2.45, 2.75) is 0 Å². The first kappa shape index (κ1) is 5.70. The molecule has 0 saturated heterocycles. The van der Waals surface area contributed by atoms with Crippen LogP contribution in [0.4, 0.5) is 0 Å². The fourth-order valence-electron chi connectivity index (χ4n) is 0.474. The second kappa shape index (κ2) is 3.56. The van der Waals surface area contributed by atoms with E-state index in [1.807, 2.05) is 30.0 Å². The van der Waals surface area contributed by atoms with Crippen molar-refractivity contribution in [1.29, 1.82) is 0 Å². The van der Waals surface area contributed by atoms with Gasteiger partial charge in [0, 0.05) is 5.75 Å². The second-order valence-corrected chi connectivity index (χ2v) is 2.41. The van der Waals surface area contributed by atoms with Crippen LogP contribution in [0, 0.1) is 0 Å². The molecule has 0 atom stereocenters. The van der Waals surface area contributed by atoms with Gasteiger partial charge in [0.2, 0.25) is 0 Å². The zero-order valence-electron chi connectivity index (χ0n) is 4.58. The lowest BCUT2D eigenvalue weighted by Gasteiger charge is -1.86. The van der Waals surface area contributed by atoms with Crippen molar-refractivity contribution in [2.75, 3.05) is 5.75 Å². The first-order valence-electron chi connectivity index (χ1n) is 2.60. The van der Waals surface area contributed by atoms with Crippen LogP contribution in [0.2, 0.25) is 0 Å². The maximum atomic E-state index is 2.14. The van der Waals surface area contributed by atoms with E-state index in [1.165, 1.54) is 0 Å². The van der Waals surface area contributed by atoms with Crippen molar-refractivity contribution in [3.63, 3.8) is 0 Å². The molecule has 0 amide bonds. The Balaban J connectivity index is 2.51. The van der Waals surface area contributed by atoms with E-state index in [9.17, 15) is 0 Å². The molecular formula is C7H8S. The largest absolute Gasteiger partial charge is 0.130 e. The average Bonchev–Trinajstić information content (AvgIpc) is 1.62. The minimum atomic E-state index is 1.10. The number of rotatable bonds is 0. The predicted molar refractivity (Wildman–Crippen MR) is 39.9 cm³/mol. The van der Waals surface area contributed by atoms with Crippen molar-refractivity contribution in [3.8, 4) is 0 Å². The summed E-state index contributed by atoms with van der Waals surface area (Å²) < 4.78 is 0. The van der Waals surface area contributed by atoms with Crippen molar-refractivity contribution in [3.05, 3.63) is 35.8 Å². The number of thioether (sulfide) groups is 1. The molecule has 0 radical (unpaired) electrons. The molecule has 0 saturated carbocycles.